The minimum Gasteiger partial charge on any atom is -0.458 e. The topological polar surface area (TPSA) is 126 Å². The lowest BCUT2D eigenvalue weighted by Crippen LogP contribution is -2.56. The SMILES string of the molecule is CC[C@@]1(O)C(=O)OCc2c1cc1n(c2=O)Cc2cc3c(CN(C)C)c(OC(=O)N4C[C@@H](C)NC[C@@H]4C)ccc3nc2-1. The van der Waals surface area contributed by atoms with E-state index in [2.05, 4.69) is 5.32 Å². The fourth-order valence-corrected chi connectivity index (χ4v) is 6.09. The smallest absolute Gasteiger partial charge is 0.415 e. The van der Waals surface area contributed by atoms with Gasteiger partial charge in [0, 0.05) is 53.8 Å². The van der Waals surface area contributed by atoms with Crippen LogP contribution < -0.4 is 15.6 Å². The third kappa shape index (κ3) is 4.39. The summed E-state index contributed by atoms with van der Waals surface area (Å²) in [6.07, 6.45) is -0.301. The molecule has 3 aromatic rings. The Morgan fingerprint density at radius 3 is 2.78 bits per heavy atom. The number of nitrogens with one attached hydrogen (secondary N) is 1. The average Bonchev–Trinajstić information content (AvgIpc) is 3.30. The fourth-order valence-electron chi connectivity index (χ4n) is 6.09. The van der Waals surface area contributed by atoms with Crippen molar-refractivity contribution >= 4 is 23.0 Å². The van der Waals surface area contributed by atoms with Crippen LogP contribution in [0.15, 0.2) is 29.1 Å². The molecule has 2 aromatic heterocycles. The minimum absolute atomic E-state index is 0.00934. The van der Waals surface area contributed by atoms with Gasteiger partial charge in [0.05, 0.1) is 29.0 Å². The molecule has 6 rings (SSSR count). The monoisotopic (exact) mass is 561 g/mol. The summed E-state index contributed by atoms with van der Waals surface area (Å²) in [6.45, 7) is 7.61. The molecule has 1 fully saturated rings. The molecule has 0 aliphatic carbocycles. The molecule has 5 heterocycles. The van der Waals surface area contributed by atoms with Crippen molar-refractivity contribution in [3.8, 4) is 17.1 Å². The first-order valence-electron chi connectivity index (χ1n) is 14.0. The van der Waals surface area contributed by atoms with E-state index in [1.165, 1.54) is 0 Å². The molecule has 216 valence electrons. The quantitative estimate of drug-likeness (QED) is 0.361. The molecule has 11 heteroatoms. The highest BCUT2D eigenvalue weighted by Crippen LogP contribution is 2.40. The maximum atomic E-state index is 13.5. The van der Waals surface area contributed by atoms with Gasteiger partial charge in [0.25, 0.3) is 5.56 Å². The van der Waals surface area contributed by atoms with Crippen LogP contribution in [0.25, 0.3) is 22.3 Å². The molecule has 0 spiro atoms. The number of benzene rings is 1. The van der Waals surface area contributed by atoms with Gasteiger partial charge in [-0.1, -0.05) is 6.92 Å². The summed E-state index contributed by atoms with van der Waals surface area (Å²) < 4.78 is 12.8. The number of amides is 1. The van der Waals surface area contributed by atoms with Crippen LogP contribution in [0.3, 0.4) is 0 Å². The van der Waals surface area contributed by atoms with Crippen LogP contribution in [-0.4, -0.2) is 75.8 Å². The lowest BCUT2D eigenvalue weighted by Gasteiger charge is -2.36. The number of fused-ring (bicyclic) bond motifs is 5. The van der Waals surface area contributed by atoms with Crippen LogP contribution in [0.2, 0.25) is 0 Å². The van der Waals surface area contributed by atoms with Crippen LogP contribution in [0.5, 0.6) is 5.75 Å². The summed E-state index contributed by atoms with van der Waals surface area (Å²) in [5.74, 6) is -0.273. The van der Waals surface area contributed by atoms with Gasteiger partial charge in [0.1, 0.15) is 12.4 Å². The highest BCUT2D eigenvalue weighted by atomic mass is 16.6. The van der Waals surface area contributed by atoms with Gasteiger partial charge in [-0.3, -0.25) is 4.79 Å². The van der Waals surface area contributed by atoms with Crippen LogP contribution >= 0.6 is 0 Å². The van der Waals surface area contributed by atoms with E-state index < -0.39 is 11.6 Å². The molecule has 3 aliphatic rings. The van der Waals surface area contributed by atoms with Gasteiger partial charge in [0.15, 0.2) is 5.60 Å². The maximum Gasteiger partial charge on any atom is 0.415 e. The standard InChI is InChI=1S/C30H35N5O6/c1-6-30(39)22-10-24-26-18(13-35(24)27(36)21(22)15-40-28(30)37)9-19-20(14-33(4)5)25(8-7-23(19)32-26)41-29(38)34-12-16(2)31-11-17(34)3/h7-10,16-17,31,39H,6,11-15H2,1-5H3/t16-,17+,30+/m1/s1. The van der Waals surface area contributed by atoms with Crippen LogP contribution in [0.4, 0.5) is 4.79 Å². The number of aliphatic hydroxyl groups is 1. The molecule has 0 unspecified atom stereocenters. The van der Waals surface area contributed by atoms with E-state index in [1.54, 1.807) is 28.5 Å². The predicted octanol–water partition coefficient (Wildman–Crippen LogP) is 2.32. The first-order chi connectivity index (χ1) is 19.5. The first-order valence-corrected chi connectivity index (χ1v) is 14.0. The summed E-state index contributed by atoms with van der Waals surface area (Å²) >= 11 is 0. The Morgan fingerprint density at radius 1 is 1.27 bits per heavy atom. The Balaban J connectivity index is 1.44. The molecule has 3 atom stereocenters. The van der Waals surface area contributed by atoms with E-state index in [-0.39, 0.29) is 47.9 Å². The van der Waals surface area contributed by atoms with Crippen molar-refractivity contribution < 1.29 is 24.2 Å². The number of rotatable bonds is 4. The average molecular weight is 562 g/mol. The number of hydrogen-bond donors (Lipinski definition) is 2. The Kier molecular flexibility index (Phi) is 6.63. The largest absolute Gasteiger partial charge is 0.458 e. The number of carbonyl (C=O) groups is 2. The number of hydrogen-bond acceptors (Lipinski definition) is 9. The molecular formula is C30H35N5O6. The van der Waals surface area contributed by atoms with Gasteiger partial charge in [-0.05, 0) is 58.6 Å². The predicted molar refractivity (Wildman–Crippen MR) is 152 cm³/mol. The van der Waals surface area contributed by atoms with Crippen molar-refractivity contribution in [1.82, 2.24) is 24.7 Å². The second-order valence-corrected chi connectivity index (χ2v) is 11.6. The molecule has 41 heavy (non-hydrogen) atoms. The molecule has 1 aromatic carbocycles. The summed E-state index contributed by atoms with van der Waals surface area (Å²) in [5, 5.41) is 15.3. The van der Waals surface area contributed by atoms with Crippen molar-refractivity contribution in [2.24, 2.45) is 0 Å². The number of nitrogens with zero attached hydrogens (tertiary/aromatic N) is 4. The number of piperazine rings is 1. The van der Waals surface area contributed by atoms with Crippen molar-refractivity contribution in [1.29, 1.82) is 0 Å². The van der Waals surface area contributed by atoms with Crippen LogP contribution in [-0.2, 0) is 34.8 Å². The number of carbonyl (C=O) groups excluding carboxylic acids is 2. The maximum absolute atomic E-state index is 13.5. The van der Waals surface area contributed by atoms with E-state index >= 15 is 0 Å². The molecule has 1 saturated heterocycles. The zero-order chi connectivity index (χ0) is 29.2. The molecule has 2 N–H and O–H groups in total. The minimum atomic E-state index is -1.88. The highest BCUT2D eigenvalue weighted by Gasteiger charge is 2.45. The summed E-state index contributed by atoms with van der Waals surface area (Å²) in [6, 6.07) is 7.49. The van der Waals surface area contributed by atoms with Crippen LogP contribution in [0, 0.1) is 0 Å². The molecule has 0 bridgehead atoms. The lowest BCUT2D eigenvalue weighted by atomic mass is 9.86. The van der Waals surface area contributed by atoms with Crippen molar-refractivity contribution in [3.63, 3.8) is 0 Å². The Bertz CT molecular complexity index is 1650. The summed E-state index contributed by atoms with van der Waals surface area (Å²) in [5.41, 5.74) is 1.92. The van der Waals surface area contributed by atoms with E-state index in [4.69, 9.17) is 14.5 Å². The molecule has 3 aliphatic heterocycles. The van der Waals surface area contributed by atoms with Gasteiger partial charge < -0.3 is 34.3 Å². The van der Waals surface area contributed by atoms with Crippen LogP contribution in [0.1, 0.15) is 49.4 Å². The molecule has 1 amide bonds. The van der Waals surface area contributed by atoms with Gasteiger partial charge in [0.2, 0.25) is 0 Å². The van der Waals surface area contributed by atoms with Crippen molar-refractivity contribution in [3.05, 3.63) is 56.9 Å². The van der Waals surface area contributed by atoms with E-state index in [9.17, 15) is 19.5 Å². The second kappa shape index (κ2) is 9.93. The fraction of sp³-hybridized carbons (Fsp3) is 0.467. The van der Waals surface area contributed by atoms with Gasteiger partial charge in [-0.15, -0.1) is 0 Å². The Labute approximate surface area is 237 Å². The second-order valence-electron chi connectivity index (χ2n) is 11.6. The van der Waals surface area contributed by atoms with E-state index in [0.29, 0.717) is 48.8 Å². The van der Waals surface area contributed by atoms with Crippen molar-refractivity contribution in [2.45, 2.75) is 64.6 Å². The first kappa shape index (κ1) is 27.4. The number of pyridine rings is 2. The number of cyclic esters (lactones) is 1. The molecule has 11 nitrogen and oxygen atoms in total. The zero-order valence-corrected chi connectivity index (χ0v) is 24.0. The third-order valence-corrected chi connectivity index (χ3v) is 8.43. The Morgan fingerprint density at radius 2 is 2.05 bits per heavy atom. The summed E-state index contributed by atoms with van der Waals surface area (Å²) in [7, 11) is 3.90. The molecule has 0 radical (unpaired) electrons. The Hall–Kier alpha value is -3.80. The third-order valence-electron chi connectivity index (χ3n) is 8.43. The van der Waals surface area contributed by atoms with Gasteiger partial charge in [-0.2, -0.15) is 0 Å². The molecule has 0 saturated carbocycles. The summed E-state index contributed by atoms with van der Waals surface area (Å²) in [4.78, 5) is 47.9. The lowest BCUT2D eigenvalue weighted by molar-refractivity contribution is -0.172. The normalized spacial score (nSPS) is 23.3. The van der Waals surface area contributed by atoms with Crippen molar-refractivity contribution in [2.75, 3.05) is 27.2 Å². The van der Waals surface area contributed by atoms with E-state index in [0.717, 1.165) is 16.5 Å². The zero-order valence-electron chi connectivity index (χ0n) is 24.0. The van der Waals surface area contributed by atoms with Gasteiger partial charge in [-0.25, -0.2) is 14.6 Å². The van der Waals surface area contributed by atoms with Gasteiger partial charge >= 0.3 is 12.1 Å². The number of esters is 1. The highest BCUT2D eigenvalue weighted by molar-refractivity contribution is 5.90. The van der Waals surface area contributed by atoms with E-state index in [1.807, 2.05) is 45.0 Å². The number of aromatic nitrogens is 2. The molecular weight excluding hydrogens is 526 g/mol. The number of ether oxygens (including phenoxy) is 2.